The number of nitrogens with zero attached hydrogens (tertiary/aromatic N) is 1. The van der Waals surface area contributed by atoms with E-state index in [2.05, 4.69) is 46.6 Å². The number of para-hydroxylation sites is 2. The van der Waals surface area contributed by atoms with Gasteiger partial charge in [0, 0.05) is 35.3 Å². The first-order valence-corrected chi connectivity index (χ1v) is 9.12. The Bertz CT molecular complexity index is 672. The van der Waals surface area contributed by atoms with Crippen molar-refractivity contribution < 1.29 is 4.79 Å². The van der Waals surface area contributed by atoms with Gasteiger partial charge in [0.1, 0.15) is 0 Å². The van der Waals surface area contributed by atoms with E-state index in [4.69, 9.17) is 5.73 Å². The standard InChI is InChI=1S/C19H23N3OS/c1-14(20)10-12-21-19(23)11-13-22-15-6-2-4-8-17(15)24-18-9-5-3-7-16(18)22/h2-9,14H,10-13,20H2,1H3,(H,21,23). The number of amides is 1. The lowest BCUT2D eigenvalue weighted by Crippen LogP contribution is -2.32. The SMILES string of the molecule is CC(N)CCNC(=O)CCN1c2ccccc2Sc2ccccc21. The molecule has 0 aliphatic carbocycles. The highest BCUT2D eigenvalue weighted by Crippen LogP contribution is 2.47. The molecule has 24 heavy (non-hydrogen) atoms. The van der Waals surface area contributed by atoms with Gasteiger partial charge in [0.15, 0.2) is 0 Å². The minimum Gasteiger partial charge on any atom is -0.356 e. The van der Waals surface area contributed by atoms with Crippen LogP contribution in [-0.2, 0) is 4.79 Å². The van der Waals surface area contributed by atoms with Gasteiger partial charge in [0.05, 0.1) is 11.4 Å². The Morgan fingerprint density at radius 2 is 1.71 bits per heavy atom. The van der Waals surface area contributed by atoms with Crippen molar-refractivity contribution in [3.63, 3.8) is 0 Å². The third kappa shape index (κ3) is 3.91. The molecule has 0 saturated carbocycles. The molecule has 126 valence electrons. The van der Waals surface area contributed by atoms with E-state index in [-0.39, 0.29) is 11.9 Å². The largest absolute Gasteiger partial charge is 0.356 e. The van der Waals surface area contributed by atoms with Crippen LogP contribution in [0, 0.1) is 0 Å². The van der Waals surface area contributed by atoms with Crippen LogP contribution in [0.4, 0.5) is 11.4 Å². The highest BCUT2D eigenvalue weighted by Gasteiger charge is 2.22. The molecule has 1 atom stereocenters. The molecule has 0 spiro atoms. The summed E-state index contributed by atoms with van der Waals surface area (Å²) in [5.74, 6) is 0.0730. The van der Waals surface area contributed by atoms with Crippen molar-refractivity contribution in [1.29, 1.82) is 0 Å². The van der Waals surface area contributed by atoms with E-state index in [0.717, 1.165) is 6.42 Å². The summed E-state index contributed by atoms with van der Waals surface area (Å²) in [6, 6.07) is 16.8. The first-order chi connectivity index (χ1) is 11.6. The van der Waals surface area contributed by atoms with Crippen molar-refractivity contribution in [2.75, 3.05) is 18.0 Å². The highest BCUT2D eigenvalue weighted by molar-refractivity contribution is 7.99. The number of carbonyl (C=O) groups excluding carboxylic acids is 1. The molecule has 2 aromatic carbocycles. The summed E-state index contributed by atoms with van der Waals surface area (Å²) in [5.41, 5.74) is 8.06. The van der Waals surface area contributed by atoms with E-state index in [1.54, 1.807) is 11.8 Å². The minimum atomic E-state index is 0.0730. The van der Waals surface area contributed by atoms with Gasteiger partial charge in [-0.05, 0) is 37.6 Å². The second-order valence-electron chi connectivity index (χ2n) is 6.06. The molecule has 1 aliphatic rings. The van der Waals surface area contributed by atoms with E-state index >= 15 is 0 Å². The lowest BCUT2D eigenvalue weighted by Gasteiger charge is -2.32. The lowest BCUT2D eigenvalue weighted by molar-refractivity contribution is -0.120. The average molecular weight is 341 g/mol. The maximum absolute atomic E-state index is 12.1. The van der Waals surface area contributed by atoms with Crippen LogP contribution in [0.25, 0.3) is 0 Å². The normalized spacial score (nSPS) is 13.8. The zero-order valence-corrected chi connectivity index (χ0v) is 14.7. The third-order valence-electron chi connectivity index (χ3n) is 4.02. The van der Waals surface area contributed by atoms with Crippen molar-refractivity contribution >= 4 is 29.0 Å². The van der Waals surface area contributed by atoms with E-state index in [1.807, 2.05) is 19.1 Å². The molecule has 2 aromatic rings. The minimum absolute atomic E-state index is 0.0730. The van der Waals surface area contributed by atoms with Crippen LogP contribution in [0.1, 0.15) is 19.8 Å². The van der Waals surface area contributed by atoms with Crippen molar-refractivity contribution in [1.82, 2.24) is 5.32 Å². The number of carbonyl (C=O) groups is 1. The lowest BCUT2D eigenvalue weighted by atomic mass is 10.2. The van der Waals surface area contributed by atoms with Crippen molar-refractivity contribution in [3.8, 4) is 0 Å². The molecular formula is C19H23N3OS. The number of anilines is 2. The fourth-order valence-electron chi connectivity index (χ4n) is 2.76. The van der Waals surface area contributed by atoms with Gasteiger partial charge in [-0.3, -0.25) is 4.79 Å². The van der Waals surface area contributed by atoms with Gasteiger partial charge in [-0.15, -0.1) is 0 Å². The zero-order valence-electron chi connectivity index (χ0n) is 13.9. The molecule has 1 aliphatic heterocycles. The number of nitrogens with one attached hydrogen (secondary N) is 1. The van der Waals surface area contributed by atoms with Crippen LogP contribution >= 0.6 is 11.8 Å². The summed E-state index contributed by atoms with van der Waals surface area (Å²) < 4.78 is 0. The Kier molecular flexibility index (Phi) is 5.43. The van der Waals surface area contributed by atoms with Crippen LogP contribution in [0.3, 0.4) is 0 Å². The van der Waals surface area contributed by atoms with Crippen molar-refractivity contribution in [2.45, 2.75) is 35.6 Å². The van der Waals surface area contributed by atoms with E-state index < -0.39 is 0 Å². The van der Waals surface area contributed by atoms with Gasteiger partial charge in [0.25, 0.3) is 0 Å². The Labute approximate surface area is 147 Å². The van der Waals surface area contributed by atoms with Gasteiger partial charge in [-0.25, -0.2) is 0 Å². The van der Waals surface area contributed by atoms with Crippen LogP contribution in [0.15, 0.2) is 58.3 Å². The van der Waals surface area contributed by atoms with Crippen molar-refractivity contribution in [2.24, 2.45) is 5.73 Å². The average Bonchev–Trinajstić information content (AvgIpc) is 2.58. The molecule has 0 fully saturated rings. The Balaban J connectivity index is 1.70. The number of hydrogen-bond donors (Lipinski definition) is 2. The number of rotatable bonds is 6. The van der Waals surface area contributed by atoms with Crippen LogP contribution in [-0.4, -0.2) is 25.0 Å². The molecule has 0 radical (unpaired) electrons. The van der Waals surface area contributed by atoms with Crippen molar-refractivity contribution in [3.05, 3.63) is 48.5 Å². The molecule has 5 heteroatoms. The molecule has 0 bridgehead atoms. The smallest absolute Gasteiger partial charge is 0.221 e. The fourth-order valence-corrected chi connectivity index (χ4v) is 3.86. The van der Waals surface area contributed by atoms with Gasteiger partial charge < -0.3 is 16.0 Å². The molecule has 0 saturated heterocycles. The maximum atomic E-state index is 12.1. The first kappa shape index (κ1) is 16.9. The number of hydrogen-bond acceptors (Lipinski definition) is 4. The van der Waals surface area contributed by atoms with E-state index in [1.165, 1.54) is 21.2 Å². The molecule has 4 nitrogen and oxygen atoms in total. The summed E-state index contributed by atoms with van der Waals surface area (Å²) >= 11 is 1.78. The van der Waals surface area contributed by atoms with Crippen LogP contribution in [0.5, 0.6) is 0 Å². The van der Waals surface area contributed by atoms with Gasteiger partial charge in [0.2, 0.25) is 5.91 Å². The highest BCUT2D eigenvalue weighted by atomic mass is 32.2. The molecule has 1 unspecified atom stereocenters. The zero-order chi connectivity index (χ0) is 16.9. The fraction of sp³-hybridized carbons (Fsp3) is 0.316. The molecule has 0 aromatic heterocycles. The van der Waals surface area contributed by atoms with E-state index in [0.29, 0.717) is 19.5 Å². The Morgan fingerprint density at radius 3 is 2.29 bits per heavy atom. The van der Waals surface area contributed by atoms with Gasteiger partial charge in [-0.1, -0.05) is 36.0 Å². The quantitative estimate of drug-likeness (QED) is 0.844. The van der Waals surface area contributed by atoms with Gasteiger partial charge in [-0.2, -0.15) is 0 Å². The molecular weight excluding hydrogens is 318 g/mol. The summed E-state index contributed by atoms with van der Waals surface area (Å²) in [5, 5.41) is 2.95. The van der Waals surface area contributed by atoms with Gasteiger partial charge >= 0.3 is 0 Å². The van der Waals surface area contributed by atoms with E-state index in [9.17, 15) is 4.79 Å². The third-order valence-corrected chi connectivity index (χ3v) is 5.15. The van der Waals surface area contributed by atoms with Crippen LogP contribution < -0.4 is 16.0 Å². The maximum Gasteiger partial charge on any atom is 0.221 e. The first-order valence-electron chi connectivity index (χ1n) is 8.31. The van der Waals surface area contributed by atoms with Crippen LogP contribution in [0.2, 0.25) is 0 Å². The second kappa shape index (κ2) is 7.73. The monoisotopic (exact) mass is 341 g/mol. The number of nitrogens with two attached hydrogens (primary N) is 1. The summed E-state index contributed by atoms with van der Waals surface area (Å²) in [6.45, 7) is 3.25. The predicted octanol–water partition coefficient (Wildman–Crippen LogP) is 3.53. The Morgan fingerprint density at radius 1 is 1.12 bits per heavy atom. The summed E-state index contributed by atoms with van der Waals surface area (Å²) in [6.07, 6.45) is 1.27. The predicted molar refractivity (Wildman–Crippen MR) is 99.9 cm³/mol. The number of benzene rings is 2. The summed E-state index contributed by atoms with van der Waals surface area (Å²) in [7, 11) is 0. The second-order valence-corrected chi connectivity index (χ2v) is 7.14. The molecule has 3 N–H and O–H groups in total. The molecule has 1 heterocycles. The molecule has 3 rings (SSSR count). The Hall–Kier alpha value is -1.98. The summed E-state index contributed by atoms with van der Waals surface area (Å²) in [4.78, 5) is 16.8. The molecule has 1 amide bonds. The topological polar surface area (TPSA) is 58.4 Å². The number of fused-ring (bicyclic) bond motifs is 2.